The summed E-state index contributed by atoms with van der Waals surface area (Å²) in [5.74, 6) is -0.682. The van der Waals surface area contributed by atoms with Crippen LogP contribution in [0.4, 0.5) is 5.69 Å². The fraction of sp³-hybridized carbons (Fsp3) is 0.500. The van der Waals surface area contributed by atoms with Gasteiger partial charge in [0, 0.05) is 24.9 Å². The Bertz CT molecular complexity index is 765. The summed E-state index contributed by atoms with van der Waals surface area (Å²) in [7, 11) is 0. The van der Waals surface area contributed by atoms with Crippen molar-refractivity contribution >= 4 is 29.1 Å². The SMILES string of the molecule is CCN(CC(=O)NC(C)(C)C)C(=O)C1=NN(c2cccc(C)c2)C(=O)CC1. The highest BCUT2D eigenvalue weighted by Crippen LogP contribution is 2.21. The third-order valence-electron chi connectivity index (χ3n) is 4.04. The smallest absolute Gasteiger partial charge is 0.270 e. The second kappa shape index (κ2) is 8.33. The predicted octanol–water partition coefficient (Wildman–Crippen LogP) is 2.24. The van der Waals surface area contributed by atoms with Crippen molar-refractivity contribution in [2.75, 3.05) is 18.1 Å². The van der Waals surface area contributed by atoms with Crippen LogP contribution >= 0.6 is 0 Å². The topological polar surface area (TPSA) is 82.1 Å². The first-order chi connectivity index (χ1) is 12.6. The maximum Gasteiger partial charge on any atom is 0.270 e. The minimum Gasteiger partial charge on any atom is -0.350 e. The molecule has 1 heterocycles. The Hall–Kier alpha value is -2.70. The van der Waals surface area contributed by atoms with E-state index < -0.39 is 0 Å². The van der Waals surface area contributed by atoms with Crippen LogP contribution in [-0.4, -0.2) is 47.0 Å². The Morgan fingerprint density at radius 2 is 1.96 bits per heavy atom. The van der Waals surface area contributed by atoms with Crippen LogP contribution in [0.25, 0.3) is 0 Å². The first-order valence-electron chi connectivity index (χ1n) is 9.18. The van der Waals surface area contributed by atoms with Gasteiger partial charge in [-0.25, -0.2) is 5.01 Å². The molecule has 146 valence electrons. The first kappa shape index (κ1) is 20.6. The zero-order valence-corrected chi connectivity index (χ0v) is 16.7. The van der Waals surface area contributed by atoms with Gasteiger partial charge >= 0.3 is 0 Å². The monoisotopic (exact) mass is 372 g/mol. The number of benzene rings is 1. The highest BCUT2D eigenvalue weighted by atomic mass is 16.2. The minimum atomic E-state index is -0.365. The summed E-state index contributed by atoms with van der Waals surface area (Å²) in [5.41, 5.74) is 1.57. The highest BCUT2D eigenvalue weighted by molar-refractivity contribution is 6.40. The molecule has 0 aliphatic carbocycles. The molecule has 0 spiro atoms. The fourth-order valence-corrected chi connectivity index (χ4v) is 2.81. The Balaban J connectivity index is 2.19. The number of likely N-dealkylation sites (N-methyl/N-ethyl adjacent to an activating group) is 1. The van der Waals surface area contributed by atoms with Crippen LogP contribution in [0.5, 0.6) is 0 Å². The van der Waals surface area contributed by atoms with Gasteiger partial charge in [0.25, 0.3) is 5.91 Å². The number of rotatable bonds is 5. The number of nitrogens with one attached hydrogen (secondary N) is 1. The number of carbonyl (C=O) groups is 3. The maximum absolute atomic E-state index is 12.9. The molecule has 7 heteroatoms. The summed E-state index contributed by atoms with van der Waals surface area (Å²) in [4.78, 5) is 38.8. The number of hydrogen-bond acceptors (Lipinski definition) is 4. The van der Waals surface area contributed by atoms with Crippen molar-refractivity contribution in [2.24, 2.45) is 5.10 Å². The highest BCUT2D eigenvalue weighted by Gasteiger charge is 2.29. The molecule has 0 atom stereocenters. The summed E-state index contributed by atoms with van der Waals surface area (Å²) in [6, 6.07) is 7.42. The molecule has 3 amide bonds. The molecule has 2 rings (SSSR count). The molecule has 0 radical (unpaired) electrons. The molecule has 1 N–H and O–H groups in total. The predicted molar refractivity (Wildman–Crippen MR) is 105 cm³/mol. The molecule has 0 saturated heterocycles. The van der Waals surface area contributed by atoms with Crippen molar-refractivity contribution < 1.29 is 14.4 Å². The van der Waals surface area contributed by atoms with E-state index >= 15 is 0 Å². The standard InChI is InChI=1S/C20H28N4O3/c1-6-23(13-17(25)21-20(3,4)5)19(27)16-10-11-18(26)24(22-16)15-9-7-8-14(2)12-15/h7-9,12H,6,10-11,13H2,1-5H3,(H,21,25). The lowest BCUT2D eigenvalue weighted by Crippen LogP contribution is -2.49. The molecule has 1 aliphatic rings. The van der Waals surface area contributed by atoms with Gasteiger partial charge in [-0.1, -0.05) is 12.1 Å². The van der Waals surface area contributed by atoms with Crippen LogP contribution in [0, 0.1) is 6.92 Å². The lowest BCUT2D eigenvalue weighted by molar-refractivity contribution is -0.132. The Morgan fingerprint density at radius 3 is 2.56 bits per heavy atom. The number of amides is 3. The quantitative estimate of drug-likeness (QED) is 0.860. The molecule has 0 aromatic heterocycles. The fourth-order valence-electron chi connectivity index (χ4n) is 2.81. The molecule has 0 unspecified atom stereocenters. The van der Waals surface area contributed by atoms with Gasteiger partial charge in [-0.15, -0.1) is 0 Å². The molecule has 1 aromatic rings. The van der Waals surface area contributed by atoms with E-state index in [1.165, 1.54) is 9.91 Å². The van der Waals surface area contributed by atoms with Crippen LogP contribution in [0.1, 0.15) is 46.1 Å². The third-order valence-corrected chi connectivity index (χ3v) is 4.04. The summed E-state index contributed by atoms with van der Waals surface area (Å²) in [5, 5.41) is 8.44. The van der Waals surface area contributed by atoms with Gasteiger partial charge in [0.05, 0.1) is 12.2 Å². The van der Waals surface area contributed by atoms with Crippen molar-refractivity contribution in [3.05, 3.63) is 29.8 Å². The zero-order chi connectivity index (χ0) is 20.2. The molecule has 0 bridgehead atoms. The third kappa shape index (κ3) is 5.64. The molecular weight excluding hydrogens is 344 g/mol. The zero-order valence-electron chi connectivity index (χ0n) is 16.7. The molecule has 7 nitrogen and oxygen atoms in total. The second-order valence-electron chi connectivity index (χ2n) is 7.71. The molecule has 1 aliphatic heterocycles. The van der Waals surface area contributed by atoms with Crippen LogP contribution in [0.2, 0.25) is 0 Å². The average Bonchev–Trinajstić information content (AvgIpc) is 2.58. The van der Waals surface area contributed by atoms with Crippen molar-refractivity contribution in [3.8, 4) is 0 Å². The number of hydrazone groups is 1. The Labute approximate surface area is 160 Å². The van der Waals surface area contributed by atoms with E-state index in [0.29, 0.717) is 17.9 Å². The Kier molecular flexibility index (Phi) is 6.36. The van der Waals surface area contributed by atoms with Crippen LogP contribution < -0.4 is 10.3 Å². The molecule has 27 heavy (non-hydrogen) atoms. The average molecular weight is 372 g/mol. The minimum absolute atomic E-state index is 0.0377. The molecule has 0 fully saturated rings. The van der Waals surface area contributed by atoms with E-state index in [2.05, 4.69) is 10.4 Å². The summed E-state index contributed by atoms with van der Waals surface area (Å²) in [6.07, 6.45) is 0.488. The number of hydrogen-bond donors (Lipinski definition) is 1. The van der Waals surface area contributed by atoms with Crippen molar-refractivity contribution in [1.29, 1.82) is 0 Å². The molecule has 1 aromatic carbocycles. The van der Waals surface area contributed by atoms with Crippen molar-refractivity contribution in [1.82, 2.24) is 10.2 Å². The normalized spacial score (nSPS) is 14.6. The molecule has 0 saturated carbocycles. The van der Waals surface area contributed by atoms with Crippen LogP contribution in [0.15, 0.2) is 29.4 Å². The second-order valence-corrected chi connectivity index (χ2v) is 7.71. The van der Waals surface area contributed by atoms with E-state index in [1.54, 1.807) is 6.07 Å². The number of nitrogens with zero attached hydrogens (tertiary/aromatic N) is 3. The van der Waals surface area contributed by atoms with E-state index in [-0.39, 0.29) is 42.6 Å². The summed E-state index contributed by atoms with van der Waals surface area (Å²) >= 11 is 0. The van der Waals surface area contributed by atoms with E-state index in [0.717, 1.165) is 5.56 Å². The van der Waals surface area contributed by atoms with E-state index in [4.69, 9.17) is 0 Å². The number of aryl methyl sites for hydroxylation is 1. The van der Waals surface area contributed by atoms with Crippen LogP contribution in [0.3, 0.4) is 0 Å². The lowest BCUT2D eigenvalue weighted by atomic mass is 10.1. The van der Waals surface area contributed by atoms with Gasteiger partial charge in [-0.3, -0.25) is 14.4 Å². The lowest BCUT2D eigenvalue weighted by Gasteiger charge is -2.28. The van der Waals surface area contributed by atoms with Crippen molar-refractivity contribution in [2.45, 2.75) is 53.0 Å². The van der Waals surface area contributed by atoms with Crippen molar-refractivity contribution in [3.63, 3.8) is 0 Å². The Morgan fingerprint density at radius 1 is 1.26 bits per heavy atom. The largest absolute Gasteiger partial charge is 0.350 e. The van der Waals surface area contributed by atoms with Gasteiger partial charge in [-0.05, 0) is 52.3 Å². The van der Waals surface area contributed by atoms with Gasteiger partial charge in [0.2, 0.25) is 11.8 Å². The number of anilines is 1. The van der Waals surface area contributed by atoms with Crippen LogP contribution in [-0.2, 0) is 14.4 Å². The van der Waals surface area contributed by atoms with Gasteiger partial charge in [-0.2, -0.15) is 5.10 Å². The maximum atomic E-state index is 12.9. The van der Waals surface area contributed by atoms with Gasteiger partial charge < -0.3 is 10.2 Å². The summed E-state index contributed by atoms with van der Waals surface area (Å²) < 4.78 is 0. The van der Waals surface area contributed by atoms with Gasteiger partial charge in [0.15, 0.2) is 0 Å². The first-order valence-corrected chi connectivity index (χ1v) is 9.18. The molecular formula is C20H28N4O3. The number of carbonyl (C=O) groups excluding carboxylic acids is 3. The van der Waals surface area contributed by atoms with Gasteiger partial charge in [0.1, 0.15) is 5.71 Å². The summed E-state index contributed by atoms with van der Waals surface area (Å²) in [6.45, 7) is 9.76. The van der Waals surface area contributed by atoms with E-state index in [9.17, 15) is 14.4 Å². The van der Waals surface area contributed by atoms with E-state index in [1.807, 2.05) is 52.8 Å².